The van der Waals surface area contributed by atoms with Crippen molar-refractivity contribution in [2.24, 2.45) is 0 Å². The van der Waals surface area contributed by atoms with E-state index in [9.17, 15) is 0 Å². The van der Waals surface area contributed by atoms with Gasteiger partial charge in [-0.1, -0.05) is 103 Å². The van der Waals surface area contributed by atoms with Crippen LogP contribution in [0.15, 0.2) is 35.4 Å². The molecule has 0 amide bonds. The third-order valence-electron chi connectivity index (χ3n) is 8.69. The van der Waals surface area contributed by atoms with Gasteiger partial charge >= 0.3 is 0 Å². The summed E-state index contributed by atoms with van der Waals surface area (Å²) in [4.78, 5) is 0. The number of rotatable bonds is 7. The average Bonchev–Trinajstić information content (AvgIpc) is 3.20. The number of fused-ring (bicyclic) bond motifs is 2. The molecule has 2 aliphatic rings. The summed E-state index contributed by atoms with van der Waals surface area (Å²) in [6.45, 7) is 22.8. The minimum absolute atomic E-state index is 0.372. The normalized spacial score (nSPS) is 19.6. The van der Waals surface area contributed by atoms with Gasteiger partial charge in [-0.3, -0.25) is 0 Å². The first kappa shape index (κ1) is 27.5. The monoisotopic (exact) mass is 522 g/mol. The topological polar surface area (TPSA) is 0 Å². The fourth-order valence-electron chi connectivity index (χ4n) is 6.30. The second-order valence-corrected chi connectivity index (χ2v) is 13.2. The van der Waals surface area contributed by atoms with Crippen molar-refractivity contribution in [1.29, 1.82) is 0 Å². The Morgan fingerprint density at radius 3 is 1.17 bits per heavy atom. The van der Waals surface area contributed by atoms with Crippen molar-refractivity contribution in [3.63, 3.8) is 0 Å². The molecule has 0 aromatic heterocycles. The lowest BCUT2D eigenvalue weighted by Crippen LogP contribution is -2.07. The molecule has 4 rings (SSSR count). The minimum Gasteiger partial charge on any atom is -0.0837 e. The van der Waals surface area contributed by atoms with Crippen molar-refractivity contribution in [1.82, 2.24) is 0 Å². The number of hydrogen-bond acceptors (Lipinski definition) is 0. The Morgan fingerprint density at radius 1 is 0.556 bits per heavy atom. The highest BCUT2D eigenvalue weighted by atomic mass is 35.5. The zero-order valence-electron chi connectivity index (χ0n) is 23.9. The summed E-state index contributed by atoms with van der Waals surface area (Å²) in [6.07, 6.45) is 2.17. The van der Waals surface area contributed by atoms with Crippen molar-refractivity contribution in [2.75, 3.05) is 0 Å². The maximum atomic E-state index is 7.06. The smallest absolute Gasteiger partial charge is 0.0479 e. The Hall–Kier alpha value is -1.50. The van der Waals surface area contributed by atoms with Crippen LogP contribution in [0.2, 0.25) is 0 Å². The Bertz CT molecular complexity index is 1140. The van der Waals surface area contributed by atoms with Crippen molar-refractivity contribution in [3.05, 3.63) is 79.9 Å². The third kappa shape index (κ3) is 4.63. The summed E-state index contributed by atoms with van der Waals surface area (Å²) in [7, 11) is 0. The number of hydrogen-bond donors (Lipinski definition) is 0. The fourth-order valence-corrected chi connectivity index (χ4v) is 7.00. The molecule has 0 radical (unpaired) electrons. The first-order valence-corrected chi connectivity index (χ1v) is 14.7. The van der Waals surface area contributed by atoms with Crippen LogP contribution in [0.5, 0.6) is 0 Å². The van der Waals surface area contributed by atoms with Crippen LogP contribution in [0.3, 0.4) is 0 Å². The van der Waals surface area contributed by atoms with E-state index >= 15 is 0 Å². The Balaban J connectivity index is 1.74. The molecule has 2 aromatic rings. The van der Waals surface area contributed by atoms with E-state index in [2.05, 4.69) is 93.5 Å². The van der Waals surface area contributed by atoms with Crippen LogP contribution in [0, 0.1) is 0 Å². The molecule has 0 heterocycles. The molecular weight excluding hydrogens is 479 g/mol. The quantitative estimate of drug-likeness (QED) is 0.339. The first-order chi connectivity index (χ1) is 16.8. The van der Waals surface area contributed by atoms with Crippen LogP contribution in [-0.4, -0.2) is 0 Å². The van der Waals surface area contributed by atoms with Crippen LogP contribution in [0.25, 0.3) is 10.1 Å². The van der Waals surface area contributed by atoms with Crippen LogP contribution in [0.1, 0.15) is 162 Å². The number of halogens is 2. The molecule has 36 heavy (non-hydrogen) atoms. The molecule has 0 saturated carbocycles. The summed E-state index contributed by atoms with van der Waals surface area (Å²) in [6, 6.07) is 9.68. The maximum Gasteiger partial charge on any atom is 0.0479 e. The van der Waals surface area contributed by atoms with Gasteiger partial charge in [-0.05, 0) is 94.9 Å². The minimum atomic E-state index is 0.372. The van der Waals surface area contributed by atoms with Crippen molar-refractivity contribution < 1.29 is 0 Å². The fraction of sp³-hybridized carbons (Fsp3) is 0.529. The molecule has 0 fully saturated rings. The van der Waals surface area contributed by atoms with Gasteiger partial charge in [-0.2, -0.15) is 0 Å². The predicted molar refractivity (Wildman–Crippen MR) is 161 cm³/mol. The van der Waals surface area contributed by atoms with Crippen LogP contribution in [-0.2, 0) is 0 Å². The van der Waals surface area contributed by atoms with Gasteiger partial charge in [0, 0.05) is 33.0 Å². The second kappa shape index (κ2) is 10.3. The van der Waals surface area contributed by atoms with Gasteiger partial charge in [0.05, 0.1) is 0 Å². The Labute approximate surface area is 230 Å². The Morgan fingerprint density at radius 2 is 0.889 bits per heavy atom. The number of benzene rings is 2. The van der Waals surface area contributed by atoms with E-state index < -0.39 is 0 Å². The molecule has 2 atom stereocenters. The molecule has 0 nitrogen and oxygen atoms in total. The number of allylic oxidation sites excluding steroid dienone is 2. The lowest BCUT2D eigenvalue weighted by atomic mass is 9.81. The van der Waals surface area contributed by atoms with Gasteiger partial charge in [-0.25, -0.2) is 0 Å². The van der Waals surface area contributed by atoms with Gasteiger partial charge in [0.15, 0.2) is 0 Å². The molecule has 0 spiro atoms. The molecule has 0 bridgehead atoms. The van der Waals surface area contributed by atoms with E-state index in [1.807, 2.05) is 0 Å². The van der Waals surface area contributed by atoms with Crippen molar-refractivity contribution in [3.8, 4) is 0 Å². The lowest BCUT2D eigenvalue weighted by Gasteiger charge is -2.23. The average molecular weight is 524 g/mol. The molecule has 194 valence electrons. The molecule has 0 aliphatic heterocycles. The highest BCUT2D eigenvalue weighted by molar-refractivity contribution is 6.50. The molecule has 2 aliphatic carbocycles. The van der Waals surface area contributed by atoms with Gasteiger partial charge in [-0.15, -0.1) is 0 Å². The van der Waals surface area contributed by atoms with E-state index in [1.165, 1.54) is 55.7 Å². The van der Waals surface area contributed by atoms with E-state index in [0.717, 1.165) is 22.9 Å². The van der Waals surface area contributed by atoms with Crippen LogP contribution < -0.4 is 0 Å². The van der Waals surface area contributed by atoms with Crippen LogP contribution >= 0.6 is 23.2 Å². The first-order valence-electron chi connectivity index (χ1n) is 13.9. The third-order valence-corrected chi connectivity index (χ3v) is 9.67. The van der Waals surface area contributed by atoms with Gasteiger partial charge < -0.3 is 0 Å². The van der Waals surface area contributed by atoms with Gasteiger partial charge in [0.2, 0.25) is 0 Å². The van der Waals surface area contributed by atoms with Gasteiger partial charge in [0.1, 0.15) is 0 Å². The summed E-state index contributed by atoms with van der Waals surface area (Å²) in [5, 5.41) is 1.96. The largest absolute Gasteiger partial charge is 0.0837 e. The molecule has 2 aromatic carbocycles. The summed E-state index contributed by atoms with van der Waals surface area (Å²) in [5.74, 6) is 2.65. The zero-order chi connectivity index (χ0) is 26.6. The summed E-state index contributed by atoms with van der Waals surface area (Å²) in [5.41, 5.74) is 13.8. The van der Waals surface area contributed by atoms with Crippen LogP contribution in [0.4, 0.5) is 0 Å². The lowest BCUT2D eigenvalue weighted by molar-refractivity contribution is 0.608. The van der Waals surface area contributed by atoms with E-state index in [4.69, 9.17) is 23.2 Å². The summed E-state index contributed by atoms with van der Waals surface area (Å²) < 4.78 is 0. The van der Waals surface area contributed by atoms with Gasteiger partial charge in [0.25, 0.3) is 0 Å². The maximum absolute atomic E-state index is 7.06. The molecule has 2 unspecified atom stereocenters. The molecule has 0 saturated heterocycles. The highest BCUT2D eigenvalue weighted by Crippen LogP contribution is 2.53. The zero-order valence-corrected chi connectivity index (χ0v) is 25.5. The molecule has 0 N–H and O–H groups in total. The summed E-state index contributed by atoms with van der Waals surface area (Å²) >= 11 is 14.1. The predicted octanol–water partition coefficient (Wildman–Crippen LogP) is 11.8. The SMILES string of the molecule is CC1=C(Cl)c2c(C(C)C)cc(C(C)C)cc2C1CCC1C(C)=C(Cl)c2c(C(C)C)cc(C(C)C)cc21. The Kier molecular flexibility index (Phi) is 7.91. The standard InChI is InChI=1S/C34H44Cl2/c1-17(2)23-13-27(19(5)6)31-29(15-23)25(21(9)33(31)35)11-12-26-22(10)34(36)32-28(20(7)8)14-24(18(3)4)16-30(26)32/h13-20,25-26H,11-12H2,1-10H3. The van der Waals surface area contributed by atoms with E-state index in [-0.39, 0.29) is 0 Å². The van der Waals surface area contributed by atoms with E-state index in [0.29, 0.717) is 35.5 Å². The van der Waals surface area contributed by atoms with Crippen molar-refractivity contribution >= 4 is 33.3 Å². The second-order valence-electron chi connectivity index (χ2n) is 12.4. The highest BCUT2D eigenvalue weighted by Gasteiger charge is 2.35. The molecular formula is C34H44Cl2. The molecule has 2 heteroatoms. The van der Waals surface area contributed by atoms with Crippen molar-refractivity contribution in [2.45, 2.75) is 118 Å². The van der Waals surface area contributed by atoms with E-state index in [1.54, 1.807) is 0 Å².